The van der Waals surface area contributed by atoms with Gasteiger partial charge in [-0.2, -0.15) is 0 Å². The predicted molar refractivity (Wildman–Crippen MR) is 118 cm³/mol. The van der Waals surface area contributed by atoms with Crippen molar-refractivity contribution >= 4 is 41.0 Å². The molecule has 162 valence electrons. The molecular weight excluding hydrogens is 408 g/mol. The van der Waals surface area contributed by atoms with Crippen molar-refractivity contribution in [1.82, 2.24) is 0 Å². The van der Waals surface area contributed by atoms with Gasteiger partial charge < -0.3 is 9.64 Å². The van der Waals surface area contributed by atoms with Crippen molar-refractivity contribution in [3.63, 3.8) is 0 Å². The standard InChI is InChI=1S/C25H22N2O5/c1-13-4-10-19-16(12-13)5-11-20-21-22(23(14(2)28)27(19)20)25(31)26(24(21)30)17-6-8-18(9-7-17)32-15(3)29/h4-12,20-23H,1-3H3/t20-,21-,22-,23+/m0/s1. The summed E-state index contributed by atoms with van der Waals surface area (Å²) >= 11 is 0. The fraction of sp³-hybridized carbons (Fsp3) is 0.280. The van der Waals surface area contributed by atoms with Gasteiger partial charge in [0.25, 0.3) is 0 Å². The molecular formula is C25H22N2O5. The van der Waals surface area contributed by atoms with E-state index < -0.39 is 23.8 Å². The number of benzene rings is 2. The third kappa shape index (κ3) is 2.88. The van der Waals surface area contributed by atoms with Gasteiger partial charge in [0.05, 0.1) is 23.6 Å². The SMILES string of the molecule is CC(=O)Oc1ccc(N2C(=O)[C@@H]3[C@H](C2=O)[C@@H](C(C)=O)N2c4ccc(C)cc4C=C[C@@H]32)cc1. The summed E-state index contributed by atoms with van der Waals surface area (Å²) in [6.45, 7) is 4.77. The molecule has 0 bridgehead atoms. The topological polar surface area (TPSA) is 84.0 Å². The summed E-state index contributed by atoms with van der Waals surface area (Å²) in [4.78, 5) is 54.0. The minimum absolute atomic E-state index is 0.141. The van der Waals surface area contributed by atoms with Gasteiger partial charge in [-0.15, -0.1) is 0 Å². The van der Waals surface area contributed by atoms with Crippen LogP contribution in [0.4, 0.5) is 11.4 Å². The molecule has 0 aromatic heterocycles. The second kappa shape index (κ2) is 7.15. The maximum Gasteiger partial charge on any atom is 0.308 e. The van der Waals surface area contributed by atoms with Crippen LogP contribution in [0.2, 0.25) is 0 Å². The van der Waals surface area contributed by atoms with E-state index in [9.17, 15) is 19.2 Å². The highest BCUT2D eigenvalue weighted by Crippen LogP contribution is 2.49. The Bertz CT molecular complexity index is 1200. The summed E-state index contributed by atoms with van der Waals surface area (Å²) in [5.74, 6) is -2.36. The van der Waals surface area contributed by atoms with Crippen LogP contribution in [0.25, 0.3) is 6.08 Å². The number of aryl methyl sites for hydroxylation is 1. The third-order valence-corrected chi connectivity index (χ3v) is 6.43. The summed E-state index contributed by atoms with van der Waals surface area (Å²) in [5, 5.41) is 0. The molecule has 3 aliphatic heterocycles. The number of carbonyl (C=O) groups is 4. The van der Waals surface area contributed by atoms with Crippen LogP contribution >= 0.6 is 0 Å². The number of esters is 1. The molecule has 3 aliphatic rings. The van der Waals surface area contributed by atoms with E-state index in [-0.39, 0.29) is 23.6 Å². The molecule has 7 heteroatoms. The highest BCUT2D eigenvalue weighted by atomic mass is 16.5. The molecule has 0 radical (unpaired) electrons. The van der Waals surface area contributed by atoms with Gasteiger partial charge in [0, 0.05) is 12.6 Å². The molecule has 5 rings (SSSR count). The molecule has 2 fully saturated rings. The van der Waals surface area contributed by atoms with Crippen molar-refractivity contribution in [1.29, 1.82) is 0 Å². The smallest absolute Gasteiger partial charge is 0.308 e. The number of nitrogens with zero attached hydrogens (tertiary/aromatic N) is 2. The van der Waals surface area contributed by atoms with Crippen LogP contribution in [0.3, 0.4) is 0 Å². The maximum absolute atomic E-state index is 13.5. The average molecular weight is 430 g/mol. The second-order valence-electron chi connectivity index (χ2n) is 8.53. The number of ketones is 1. The molecule has 0 spiro atoms. The molecule has 3 heterocycles. The van der Waals surface area contributed by atoms with Crippen LogP contribution in [-0.2, 0) is 19.2 Å². The number of hydrogen-bond donors (Lipinski definition) is 0. The number of rotatable bonds is 3. The summed E-state index contributed by atoms with van der Waals surface area (Å²) < 4.78 is 5.03. The normalized spacial score (nSPS) is 25.5. The van der Waals surface area contributed by atoms with Crippen LogP contribution < -0.4 is 14.5 Å². The van der Waals surface area contributed by atoms with Crippen molar-refractivity contribution < 1.29 is 23.9 Å². The summed E-state index contributed by atoms with van der Waals surface area (Å²) in [6.07, 6.45) is 3.90. The van der Waals surface area contributed by atoms with E-state index in [1.165, 1.54) is 18.7 Å². The van der Waals surface area contributed by atoms with Crippen LogP contribution in [-0.4, -0.2) is 35.7 Å². The summed E-state index contributed by atoms with van der Waals surface area (Å²) in [6, 6.07) is 11.1. The minimum atomic E-state index is -0.755. The molecule has 2 aromatic rings. The van der Waals surface area contributed by atoms with Crippen LogP contribution in [0.1, 0.15) is 25.0 Å². The molecule has 0 N–H and O–H groups in total. The average Bonchev–Trinajstić information content (AvgIpc) is 3.21. The Hall–Kier alpha value is -3.74. The Morgan fingerprint density at radius 1 is 0.938 bits per heavy atom. The molecule has 0 aliphatic carbocycles. The number of fused-ring (bicyclic) bond motifs is 5. The quantitative estimate of drug-likeness (QED) is 0.423. The fourth-order valence-corrected chi connectivity index (χ4v) is 5.24. The van der Waals surface area contributed by atoms with Gasteiger partial charge in [0.1, 0.15) is 11.8 Å². The first-order valence-corrected chi connectivity index (χ1v) is 10.5. The lowest BCUT2D eigenvalue weighted by Crippen LogP contribution is -2.48. The van der Waals surface area contributed by atoms with Crippen molar-refractivity contribution in [2.75, 3.05) is 9.80 Å². The zero-order valence-electron chi connectivity index (χ0n) is 17.9. The molecule has 4 atom stereocenters. The largest absolute Gasteiger partial charge is 0.427 e. The zero-order valence-corrected chi connectivity index (χ0v) is 17.9. The van der Waals surface area contributed by atoms with Crippen LogP contribution in [0.15, 0.2) is 48.5 Å². The molecule has 0 saturated carbocycles. The number of anilines is 2. The van der Waals surface area contributed by atoms with Crippen molar-refractivity contribution in [2.45, 2.75) is 32.9 Å². The van der Waals surface area contributed by atoms with Crippen molar-refractivity contribution in [3.8, 4) is 5.75 Å². The Morgan fingerprint density at radius 3 is 2.28 bits per heavy atom. The van der Waals surface area contributed by atoms with Crippen LogP contribution in [0, 0.1) is 18.8 Å². The van der Waals surface area contributed by atoms with E-state index in [1.54, 1.807) is 24.3 Å². The molecule has 0 unspecified atom stereocenters. The predicted octanol–water partition coefficient (Wildman–Crippen LogP) is 2.90. The van der Waals surface area contributed by atoms with E-state index in [0.29, 0.717) is 11.4 Å². The van der Waals surface area contributed by atoms with Crippen molar-refractivity contribution in [2.24, 2.45) is 11.8 Å². The minimum Gasteiger partial charge on any atom is -0.427 e. The van der Waals surface area contributed by atoms with Gasteiger partial charge in [-0.1, -0.05) is 23.8 Å². The molecule has 2 saturated heterocycles. The number of carbonyl (C=O) groups excluding carboxylic acids is 4. The number of Topliss-reactive ketones (excluding diaryl/α,β-unsaturated/α-hetero) is 1. The van der Waals surface area contributed by atoms with Gasteiger partial charge in [0.15, 0.2) is 5.78 Å². The molecule has 7 nitrogen and oxygen atoms in total. The van der Waals surface area contributed by atoms with E-state index in [0.717, 1.165) is 16.8 Å². The Kier molecular flexibility index (Phi) is 4.51. The van der Waals surface area contributed by atoms with Gasteiger partial charge >= 0.3 is 5.97 Å². The number of imide groups is 1. The highest BCUT2D eigenvalue weighted by Gasteiger charge is 2.63. The Balaban J connectivity index is 1.54. The number of hydrogen-bond acceptors (Lipinski definition) is 6. The summed E-state index contributed by atoms with van der Waals surface area (Å²) in [5.41, 5.74) is 3.34. The van der Waals surface area contributed by atoms with Gasteiger partial charge in [-0.3, -0.25) is 19.2 Å². The number of amides is 2. The van der Waals surface area contributed by atoms with Gasteiger partial charge in [-0.05, 0) is 55.8 Å². The first-order chi connectivity index (χ1) is 15.3. The van der Waals surface area contributed by atoms with E-state index >= 15 is 0 Å². The lowest BCUT2D eigenvalue weighted by Gasteiger charge is -2.36. The fourth-order valence-electron chi connectivity index (χ4n) is 5.24. The molecule has 2 amide bonds. The number of ether oxygens (including phenoxy) is 1. The van der Waals surface area contributed by atoms with Crippen molar-refractivity contribution in [3.05, 3.63) is 59.7 Å². The first-order valence-electron chi connectivity index (χ1n) is 10.5. The molecule has 32 heavy (non-hydrogen) atoms. The third-order valence-electron chi connectivity index (χ3n) is 6.43. The molecule has 2 aromatic carbocycles. The highest BCUT2D eigenvalue weighted by molar-refractivity contribution is 6.24. The lowest BCUT2D eigenvalue weighted by atomic mass is 9.88. The van der Waals surface area contributed by atoms with Gasteiger partial charge in [-0.25, -0.2) is 4.90 Å². The van der Waals surface area contributed by atoms with E-state index in [2.05, 4.69) is 0 Å². The lowest BCUT2D eigenvalue weighted by molar-refractivity contribution is -0.132. The zero-order chi connectivity index (χ0) is 22.7. The van der Waals surface area contributed by atoms with Crippen LogP contribution in [0.5, 0.6) is 5.75 Å². The Labute approximate surface area is 185 Å². The maximum atomic E-state index is 13.5. The van der Waals surface area contributed by atoms with Gasteiger partial charge in [0.2, 0.25) is 11.8 Å². The summed E-state index contributed by atoms with van der Waals surface area (Å²) in [7, 11) is 0. The first kappa shape index (κ1) is 20.2. The van der Waals surface area contributed by atoms with E-state index in [4.69, 9.17) is 4.74 Å². The Morgan fingerprint density at radius 2 is 1.62 bits per heavy atom. The van der Waals surface area contributed by atoms with E-state index in [1.807, 2.05) is 42.2 Å². The second-order valence-corrected chi connectivity index (χ2v) is 8.53. The monoisotopic (exact) mass is 430 g/mol.